The van der Waals surface area contributed by atoms with Gasteiger partial charge in [0.25, 0.3) is 0 Å². The van der Waals surface area contributed by atoms with E-state index in [1.807, 2.05) is 30.6 Å². The molecule has 3 nitrogen and oxygen atoms in total. The summed E-state index contributed by atoms with van der Waals surface area (Å²) in [5.41, 5.74) is 3.58. The van der Waals surface area contributed by atoms with Gasteiger partial charge in [-0.15, -0.1) is 11.3 Å². The topological polar surface area (TPSA) is 29.0 Å². The maximum absolute atomic E-state index is 4.76. The molecule has 0 unspecified atom stereocenters. The van der Waals surface area contributed by atoms with Crippen molar-refractivity contribution in [3.8, 4) is 10.6 Å². The Kier molecular flexibility index (Phi) is 4.61. The largest absolute Gasteiger partial charge is 0.294 e. The molecular weight excluding hydrogens is 290 g/mol. The molecule has 0 radical (unpaired) electrons. The standard InChI is InChI=1S/C18H19N3S/c1-14(15-8-10-19-11-9-15)21(2)12-17-13-22-18(20-17)16-6-4-3-5-7-16/h3-11,13-14H,12H2,1-2H3/t14-/m1/s1. The number of benzene rings is 1. The van der Waals surface area contributed by atoms with Crippen LogP contribution in [-0.4, -0.2) is 21.9 Å². The van der Waals surface area contributed by atoms with E-state index in [9.17, 15) is 0 Å². The lowest BCUT2D eigenvalue weighted by atomic mass is 10.1. The molecule has 0 bridgehead atoms. The lowest BCUT2D eigenvalue weighted by molar-refractivity contribution is 0.250. The number of hydrogen-bond acceptors (Lipinski definition) is 4. The molecule has 0 aliphatic rings. The van der Waals surface area contributed by atoms with E-state index in [1.165, 1.54) is 11.1 Å². The Bertz CT molecular complexity index is 709. The normalized spacial score (nSPS) is 12.5. The van der Waals surface area contributed by atoms with E-state index in [4.69, 9.17) is 4.98 Å². The van der Waals surface area contributed by atoms with Gasteiger partial charge in [0.1, 0.15) is 5.01 Å². The van der Waals surface area contributed by atoms with E-state index >= 15 is 0 Å². The van der Waals surface area contributed by atoms with Gasteiger partial charge in [-0.05, 0) is 31.7 Å². The Morgan fingerprint density at radius 2 is 1.82 bits per heavy atom. The molecule has 1 aromatic carbocycles. The molecule has 3 aromatic rings. The van der Waals surface area contributed by atoms with Crippen molar-refractivity contribution in [2.75, 3.05) is 7.05 Å². The minimum absolute atomic E-state index is 0.338. The Labute approximate surface area is 135 Å². The van der Waals surface area contributed by atoms with E-state index in [0.717, 1.165) is 17.2 Å². The Morgan fingerprint density at radius 3 is 2.55 bits per heavy atom. The van der Waals surface area contributed by atoms with Crippen LogP contribution in [0.1, 0.15) is 24.2 Å². The molecular formula is C18H19N3S. The zero-order valence-electron chi connectivity index (χ0n) is 12.8. The number of pyridine rings is 1. The minimum Gasteiger partial charge on any atom is -0.294 e. The molecule has 0 aliphatic carbocycles. The highest BCUT2D eigenvalue weighted by atomic mass is 32.1. The quantitative estimate of drug-likeness (QED) is 0.699. The SMILES string of the molecule is C[C@H](c1ccncc1)N(C)Cc1csc(-c2ccccc2)n1. The third kappa shape index (κ3) is 3.40. The highest BCUT2D eigenvalue weighted by Crippen LogP contribution is 2.25. The second kappa shape index (κ2) is 6.81. The zero-order chi connectivity index (χ0) is 15.4. The molecule has 0 aliphatic heterocycles. The van der Waals surface area contributed by atoms with Crippen LogP contribution >= 0.6 is 11.3 Å². The maximum Gasteiger partial charge on any atom is 0.123 e. The van der Waals surface area contributed by atoms with Crippen molar-refractivity contribution >= 4 is 11.3 Å². The van der Waals surface area contributed by atoms with Crippen LogP contribution in [0.3, 0.4) is 0 Å². The molecule has 0 saturated heterocycles. The molecule has 1 atom stereocenters. The smallest absolute Gasteiger partial charge is 0.123 e. The fourth-order valence-corrected chi connectivity index (χ4v) is 3.20. The minimum atomic E-state index is 0.338. The van der Waals surface area contributed by atoms with Gasteiger partial charge in [-0.2, -0.15) is 0 Å². The average Bonchev–Trinajstić information content (AvgIpc) is 3.04. The molecule has 22 heavy (non-hydrogen) atoms. The molecule has 0 spiro atoms. The molecule has 2 aromatic heterocycles. The van der Waals surface area contributed by atoms with E-state index in [-0.39, 0.29) is 0 Å². The average molecular weight is 309 g/mol. The first-order valence-electron chi connectivity index (χ1n) is 7.34. The summed E-state index contributed by atoms with van der Waals surface area (Å²) in [6.07, 6.45) is 3.69. The third-order valence-electron chi connectivity index (χ3n) is 3.83. The molecule has 0 fully saturated rings. The summed E-state index contributed by atoms with van der Waals surface area (Å²) < 4.78 is 0. The van der Waals surface area contributed by atoms with Gasteiger partial charge >= 0.3 is 0 Å². The second-order valence-electron chi connectivity index (χ2n) is 5.38. The van der Waals surface area contributed by atoms with E-state index in [1.54, 1.807) is 11.3 Å². The van der Waals surface area contributed by atoms with Gasteiger partial charge < -0.3 is 0 Å². The van der Waals surface area contributed by atoms with Crippen molar-refractivity contribution in [1.29, 1.82) is 0 Å². The number of rotatable bonds is 5. The molecule has 3 rings (SSSR count). The number of nitrogens with zero attached hydrogens (tertiary/aromatic N) is 3. The molecule has 112 valence electrons. The van der Waals surface area contributed by atoms with Crippen LogP contribution in [0.25, 0.3) is 10.6 Å². The number of aromatic nitrogens is 2. The van der Waals surface area contributed by atoms with Crippen LogP contribution in [0.5, 0.6) is 0 Å². The molecule has 0 amide bonds. The van der Waals surface area contributed by atoms with Crippen LogP contribution in [0.2, 0.25) is 0 Å². The van der Waals surface area contributed by atoms with Gasteiger partial charge in [0, 0.05) is 35.9 Å². The first-order valence-corrected chi connectivity index (χ1v) is 8.22. The van der Waals surface area contributed by atoms with Crippen molar-refractivity contribution in [3.63, 3.8) is 0 Å². The van der Waals surface area contributed by atoms with Crippen molar-refractivity contribution in [3.05, 3.63) is 71.5 Å². The molecule has 0 N–H and O–H groups in total. The maximum atomic E-state index is 4.76. The van der Waals surface area contributed by atoms with Gasteiger partial charge in [0.2, 0.25) is 0 Å². The molecule has 4 heteroatoms. The number of hydrogen-bond donors (Lipinski definition) is 0. The summed E-state index contributed by atoms with van der Waals surface area (Å²) in [4.78, 5) is 11.1. The van der Waals surface area contributed by atoms with Gasteiger partial charge in [-0.25, -0.2) is 4.98 Å². The van der Waals surface area contributed by atoms with E-state index < -0.39 is 0 Å². The van der Waals surface area contributed by atoms with Crippen LogP contribution < -0.4 is 0 Å². The summed E-state index contributed by atoms with van der Waals surface area (Å²) in [5.74, 6) is 0. The summed E-state index contributed by atoms with van der Waals surface area (Å²) in [7, 11) is 2.13. The van der Waals surface area contributed by atoms with Crippen molar-refractivity contribution in [2.45, 2.75) is 19.5 Å². The molecule has 2 heterocycles. The second-order valence-corrected chi connectivity index (χ2v) is 6.24. The first kappa shape index (κ1) is 14.9. The Hall–Kier alpha value is -2.04. The monoisotopic (exact) mass is 309 g/mol. The summed E-state index contributed by atoms with van der Waals surface area (Å²) in [5, 5.41) is 3.23. The lowest BCUT2D eigenvalue weighted by Crippen LogP contribution is -2.22. The van der Waals surface area contributed by atoms with Crippen LogP contribution in [0.4, 0.5) is 0 Å². The van der Waals surface area contributed by atoms with E-state index in [0.29, 0.717) is 6.04 Å². The van der Waals surface area contributed by atoms with Gasteiger partial charge in [-0.3, -0.25) is 9.88 Å². The van der Waals surface area contributed by atoms with Gasteiger partial charge in [0.05, 0.1) is 5.69 Å². The van der Waals surface area contributed by atoms with Crippen LogP contribution in [0, 0.1) is 0 Å². The number of thiazole rings is 1. The van der Waals surface area contributed by atoms with Crippen LogP contribution in [-0.2, 0) is 6.54 Å². The van der Waals surface area contributed by atoms with E-state index in [2.05, 4.69) is 53.5 Å². The van der Waals surface area contributed by atoms with Crippen molar-refractivity contribution in [1.82, 2.24) is 14.9 Å². The predicted molar refractivity (Wildman–Crippen MR) is 91.7 cm³/mol. The summed E-state index contributed by atoms with van der Waals surface area (Å²) >= 11 is 1.70. The zero-order valence-corrected chi connectivity index (χ0v) is 13.6. The van der Waals surface area contributed by atoms with Gasteiger partial charge in [-0.1, -0.05) is 30.3 Å². The molecule has 0 saturated carbocycles. The lowest BCUT2D eigenvalue weighted by Gasteiger charge is -2.24. The van der Waals surface area contributed by atoms with Crippen molar-refractivity contribution in [2.24, 2.45) is 0 Å². The first-order chi connectivity index (χ1) is 10.7. The predicted octanol–water partition coefficient (Wildman–Crippen LogP) is 4.40. The Balaban J connectivity index is 1.70. The third-order valence-corrected chi connectivity index (χ3v) is 4.77. The fourth-order valence-electron chi connectivity index (χ4n) is 2.38. The highest BCUT2D eigenvalue weighted by Gasteiger charge is 2.13. The van der Waals surface area contributed by atoms with Crippen molar-refractivity contribution < 1.29 is 0 Å². The fraction of sp³-hybridized carbons (Fsp3) is 0.222. The summed E-state index contributed by atoms with van der Waals surface area (Å²) in [6.45, 7) is 3.05. The Morgan fingerprint density at radius 1 is 1.09 bits per heavy atom. The highest BCUT2D eigenvalue weighted by molar-refractivity contribution is 7.13. The van der Waals surface area contributed by atoms with Gasteiger partial charge in [0.15, 0.2) is 0 Å². The van der Waals surface area contributed by atoms with Crippen LogP contribution in [0.15, 0.2) is 60.2 Å². The summed E-state index contributed by atoms with van der Waals surface area (Å²) in [6, 6.07) is 14.8.